The number of fused-ring (bicyclic) bond motifs is 3. The Balaban J connectivity index is 1.53. The molecule has 2 aliphatic rings. The maximum Gasteiger partial charge on any atom is 0.408 e. The van der Waals surface area contributed by atoms with Gasteiger partial charge in [0.1, 0.15) is 30.5 Å². The summed E-state index contributed by atoms with van der Waals surface area (Å²) >= 11 is 0. The van der Waals surface area contributed by atoms with Crippen molar-refractivity contribution in [1.82, 2.24) is 15.2 Å². The van der Waals surface area contributed by atoms with Crippen LogP contribution in [0.2, 0.25) is 25.7 Å². The first-order valence-corrected chi connectivity index (χ1v) is 19.6. The molecule has 2 aromatic carbocycles. The topological polar surface area (TPSA) is 107 Å². The number of carbonyl (C=O) groups excluding carboxylic acids is 3. The van der Waals surface area contributed by atoms with Gasteiger partial charge in [-0.15, -0.1) is 0 Å². The second-order valence-electron chi connectivity index (χ2n) is 12.9. The predicted octanol–water partition coefficient (Wildman–Crippen LogP) is 6.44. The van der Waals surface area contributed by atoms with E-state index in [1.165, 1.54) is 4.90 Å². The summed E-state index contributed by atoms with van der Waals surface area (Å²) in [5.74, 6) is -0.162. The molecule has 1 fully saturated rings. The molecule has 45 heavy (non-hydrogen) atoms. The van der Waals surface area contributed by atoms with Crippen LogP contribution in [0.3, 0.4) is 0 Å². The highest BCUT2D eigenvalue weighted by Gasteiger charge is 2.44. The van der Waals surface area contributed by atoms with E-state index in [-0.39, 0.29) is 25.5 Å². The molecule has 0 aliphatic carbocycles. The van der Waals surface area contributed by atoms with Crippen molar-refractivity contribution < 1.29 is 28.6 Å². The predicted molar refractivity (Wildman–Crippen MR) is 178 cm³/mol. The SMILES string of the molecule is CCCC[C@@H]1NC(=O)OCC=Cc2ccc3nc(-c4ccccc4)cc(c3c2)O[C@@H]2C[C@@H](C(=O)OCC[Si](C)(C)C)N(C2)C1=O. The molecular formula is C35H43N3O6Si. The fraction of sp³-hybridized carbons (Fsp3) is 0.429. The van der Waals surface area contributed by atoms with Crippen molar-refractivity contribution in [3.05, 3.63) is 66.2 Å². The van der Waals surface area contributed by atoms with Crippen LogP contribution in [-0.4, -0.2) is 73.9 Å². The Bertz CT molecular complexity index is 1550. The number of pyridine rings is 1. The monoisotopic (exact) mass is 629 g/mol. The average Bonchev–Trinajstić information content (AvgIpc) is 3.44. The van der Waals surface area contributed by atoms with Gasteiger partial charge in [0.05, 0.1) is 24.4 Å². The highest BCUT2D eigenvalue weighted by Crippen LogP contribution is 2.34. The smallest absolute Gasteiger partial charge is 0.408 e. The number of hydrogen-bond acceptors (Lipinski definition) is 7. The molecule has 1 saturated heterocycles. The Hall–Kier alpha value is -4.18. The Kier molecular flexibility index (Phi) is 10.2. The summed E-state index contributed by atoms with van der Waals surface area (Å²) < 4.78 is 17.8. The Morgan fingerprint density at radius 2 is 1.91 bits per heavy atom. The van der Waals surface area contributed by atoms with Gasteiger partial charge in [-0.25, -0.2) is 14.6 Å². The van der Waals surface area contributed by atoms with Crippen LogP contribution < -0.4 is 10.1 Å². The maximum atomic E-state index is 14.0. The summed E-state index contributed by atoms with van der Waals surface area (Å²) in [6.07, 6.45) is 4.73. The molecule has 1 aromatic heterocycles. The molecule has 3 heterocycles. The maximum absolute atomic E-state index is 14.0. The van der Waals surface area contributed by atoms with Crippen LogP contribution >= 0.6 is 0 Å². The van der Waals surface area contributed by atoms with Crippen LogP contribution in [0.1, 0.15) is 38.2 Å². The molecule has 238 valence electrons. The standard InChI is InChI=1S/C35H43N3O6Si/c1-5-6-14-29-33(39)38-23-26(21-31(38)34(40)42-18-19-45(2,3)4)44-32-22-30(25-12-8-7-9-13-25)36-28-16-15-24(20-27(28)32)11-10-17-43-35(41)37-29/h7-13,15-16,20,22,26,29,31H,5-6,14,17-19,21,23H2,1-4H3,(H,37,41)/t26-,29+,31+/m1/s1. The van der Waals surface area contributed by atoms with Crippen molar-refractivity contribution in [2.24, 2.45) is 0 Å². The number of carbonyl (C=O) groups is 3. The second kappa shape index (κ2) is 14.3. The summed E-state index contributed by atoms with van der Waals surface area (Å²) in [6, 6.07) is 16.8. The molecular weight excluding hydrogens is 586 g/mol. The van der Waals surface area contributed by atoms with Crippen molar-refractivity contribution >= 4 is 43.0 Å². The lowest BCUT2D eigenvalue weighted by atomic mass is 10.1. The number of ether oxygens (including phenoxy) is 3. The molecule has 4 bridgehead atoms. The van der Waals surface area contributed by atoms with Gasteiger partial charge >= 0.3 is 12.1 Å². The number of esters is 1. The van der Waals surface area contributed by atoms with Gasteiger partial charge in [-0.3, -0.25) is 4.79 Å². The Morgan fingerprint density at radius 1 is 1.11 bits per heavy atom. The van der Waals surface area contributed by atoms with E-state index >= 15 is 0 Å². The molecule has 3 aromatic rings. The van der Waals surface area contributed by atoms with Gasteiger partial charge in [-0.2, -0.15) is 0 Å². The molecule has 10 heteroatoms. The van der Waals surface area contributed by atoms with E-state index in [2.05, 4.69) is 25.0 Å². The number of nitrogens with zero attached hydrogens (tertiary/aromatic N) is 2. The number of unbranched alkanes of at least 4 members (excludes halogenated alkanes) is 1. The fourth-order valence-corrected chi connectivity index (χ4v) is 6.33. The molecule has 5 rings (SSSR count). The third-order valence-corrected chi connectivity index (χ3v) is 9.83. The van der Waals surface area contributed by atoms with Crippen molar-refractivity contribution in [2.45, 2.75) is 76.5 Å². The van der Waals surface area contributed by atoms with Crippen molar-refractivity contribution in [3.8, 4) is 17.0 Å². The number of rotatable bonds is 8. The van der Waals surface area contributed by atoms with Crippen LogP contribution in [0.25, 0.3) is 28.2 Å². The van der Waals surface area contributed by atoms with E-state index in [1.807, 2.05) is 67.6 Å². The molecule has 1 N–H and O–H groups in total. The molecule has 0 unspecified atom stereocenters. The second-order valence-corrected chi connectivity index (χ2v) is 18.6. The van der Waals surface area contributed by atoms with Gasteiger partial charge in [0.2, 0.25) is 5.91 Å². The number of amides is 2. The van der Waals surface area contributed by atoms with Crippen molar-refractivity contribution in [1.29, 1.82) is 0 Å². The number of aromatic nitrogens is 1. The summed E-state index contributed by atoms with van der Waals surface area (Å²) in [5.41, 5.74) is 3.37. The molecule has 0 radical (unpaired) electrons. The molecule has 9 nitrogen and oxygen atoms in total. The van der Waals surface area contributed by atoms with E-state index < -0.39 is 38.3 Å². The number of hydrogen-bond donors (Lipinski definition) is 1. The van der Waals surface area contributed by atoms with Crippen molar-refractivity contribution in [3.63, 3.8) is 0 Å². The van der Waals surface area contributed by atoms with Crippen LogP contribution in [-0.2, 0) is 19.1 Å². The summed E-state index contributed by atoms with van der Waals surface area (Å²) in [6.45, 7) is 9.21. The van der Waals surface area contributed by atoms with Gasteiger partial charge in [0.25, 0.3) is 0 Å². The van der Waals surface area contributed by atoms with E-state index in [0.717, 1.165) is 46.6 Å². The lowest BCUT2D eigenvalue weighted by molar-refractivity contribution is -0.153. The zero-order valence-corrected chi connectivity index (χ0v) is 27.6. The molecule has 2 amide bonds. The van der Waals surface area contributed by atoms with E-state index in [9.17, 15) is 14.4 Å². The zero-order valence-electron chi connectivity index (χ0n) is 26.6. The van der Waals surface area contributed by atoms with Gasteiger partial charge in [0, 0.05) is 31.5 Å². The normalized spacial score (nSPS) is 20.5. The largest absolute Gasteiger partial charge is 0.488 e. The summed E-state index contributed by atoms with van der Waals surface area (Å²) in [5, 5.41) is 3.56. The zero-order chi connectivity index (χ0) is 32.0. The quantitative estimate of drug-likeness (QED) is 0.226. The minimum Gasteiger partial charge on any atom is -0.488 e. The van der Waals surface area contributed by atoms with Crippen LogP contribution in [0.15, 0.2) is 60.7 Å². The van der Waals surface area contributed by atoms with E-state index in [0.29, 0.717) is 18.8 Å². The van der Waals surface area contributed by atoms with Crippen molar-refractivity contribution in [2.75, 3.05) is 19.8 Å². The first-order valence-electron chi connectivity index (χ1n) is 15.8. The lowest BCUT2D eigenvalue weighted by Crippen LogP contribution is -2.52. The van der Waals surface area contributed by atoms with Gasteiger partial charge in [0.15, 0.2) is 0 Å². The third kappa shape index (κ3) is 8.30. The number of nitrogens with one attached hydrogen (secondary N) is 1. The van der Waals surface area contributed by atoms with Gasteiger partial charge in [-0.1, -0.05) is 81.9 Å². The first kappa shape index (κ1) is 32.2. The van der Waals surface area contributed by atoms with Crippen LogP contribution in [0.5, 0.6) is 5.75 Å². The molecule has 3 atom stereocenters. The third-order valence-electron chi connectivity index (χ3n) is 8.13. The lowest BCUT2D eigenvalue weighted by Gasteiger charge is -2.28. The first-order chi connectivity index (χ1) is 21.6. The fourth-order valence-electron chi connectivity index (χ4n) is 5.61. The highest BCUT2D eigenvalue weighted by molar-refractivity contribution is 6.76. The van der Waals surface area contributed by atoms with Gasteiger partial charge < -0.3 is 24.4 Å². The summed E-state index contributed by atoms with van der Waals surface area (Å²) in [4.78, 5) is 46.7. The minimum absolute atomic E-state index is 0.0327. The minimum atomic E-state index is -1.44. The number of benzene rings is 2. The number of cyclic esters (lactones) is 1. The van der Waals surface area contributed by atoms with Crippen LogP contribution in [0.4, 0.5) is 4.79 Å². The van der Waals surface area contributed by atoms with E-state index in [1.54, 1.807) is 6.08 Å². The summed E-state index contributed by atoms with van der Waals surface area (Å²) in [7, 11) is -1.44. The Labute approximate surface area is 266 Å². The van der Waals surface area contributed by atoms with Crippen LogP contribution in [0, 0.1) is 0 Å². The molecule has 2 aliphatic heterocycles. The average molecular weight is 630 g/mol. The van der Waals surface area contributed by atoms with E-state index in [4.69, 9.17) is 19.2 Å². The molecule has 0 spiro atoms. The van der Waals surface area contributed by atoms with Gasteiger partial charge in [-0.05, 0) is 36.2 Å². The number of alkyl carbamates (subject to hydrolysis) is 1. The Morgan fingerprint density at radius 3 is 2.67 bits per heavy atom. The highest BCUT2D eigenvalue weighted by atomic mass is 28.3. The molecule has 0 saturated carbocycles.